The van der Waals surface area contributed by atoms with Crippen molar-refractivity contribution in [2.45, 2.75) is 6.42 Å². The van der Waals surface area contributed by atoms with Crippen molar-refractivity contribution in [3.05, 3.63) is 62.8 Å². The average molecular weight is 409 g/mol. The molecule has 1 heterocycles. The van der Waals surface area contributed by atoms with E-state index in [9.17, 15) is 0 Å². The van der Waals surface area contributed by atoms with E-state index in [1.807, 2.05) is 42.5 Å². The molecule has 2 N–H and O–H groups in total. The van der Waals surface area contributed by atoms with E-state index in [0.717, 1.165) is 20.1 Å². The number of nitrogens with zero attached hydrogens (tertiary/aromatic N) is 2. The van der Waals surface area contributed by atoms with E-state index in [-0.39, 0.29) is 0 Å². The lowest BCUT2D eigenvalue weighted by atomic mass is 10.1. The van der Waals surface area contributed by atoms with Gasteiger partial charge in [-0.05, 0) is 45.8 Å². The van der Waals surface area contributed by atoms with Crippen molar-refractivity contribution in [2.24, 2.45) is 0 Å². The Morgan fingerprint density at radius 2 is 1.81 bits per heavy atom. The molecule has 3 rings (SSSR count). The van der Waals surface area contributed by atoms with E-state index in [2.05, 4.69) is 42.0 Å². The summed E-state index contributed by atoms with van der Waals surface area (Å²) < 4.78 is 7.17. The van der Waals surface area contributed by atoms with Crippen LogP contribution in [0.3, 0.4) is 0 Å². The topological polar surface area (TPSA) is 64.9 Å². The molecule has 0 aliphatic carbocycles. The number of halogens is 2. The molecule has 4 nitrogen and oxygen atoms in total. The second kappa shape index (κ2) is 5.99. The maximum absolute atomic E-state index is 6.01. The third-order valence-electron chi connectivity index (χ3n) is 3.03. The molecular formula is C15H11Br2N3O. The lowest BCUT2D eigenvalue weighted by Gasteiger charge is -2.01. The van der Waals surface area contributed by atoms with E-state index in [4.69, 9.17) is 10.3 Å². The zero-order valence-corrected chi connectivity index (χ0v) is 14.1. The minimum atomic E-state index is 0.431. The minimum Gasteiger partial charge on any atom is -0.397 e. The number of benzene rings is 2. The second-order valence-electron chi connectivity index (χ2n) is 4.52. The standard InChI is InChI=1S/C15H11Br2N3O/c16-10-6-4-9(5-7-10)8-13-19-15(21-20-13)11-2-1-3-12(17)14(11)18/h1-7H,8,18H2. The fraction of sp³-hybridized carbons (Fsp3) is 0.0667. The molecule has 0 unspecified atom stereocenters. The number of para-hydroxylation sites is 1. The highest BCUT2D eigenvalue weighted by Gasteiger charge is 2.13. The van der Waals surface area contributed by atoms with Crippen LogP contribution in [0, 0.1) is 0 Å². The third kappa shape index (κ3) is 3.16. The Bertz CT molecular complexity index is 769. The van der Waals surface area contributed by atoms with E-state index in [1.54, 1.807) is 0 Å². The van der Waals surface area contributed by atoms with Gasteiger partial charge >= 0.3 is 0 Å². The quantitative estimate of drug-likeness (QED) is 0.650. The van der Waals surface area contributed by atoms with E-state index in [0.29, 0.717) is 23.8 Å². The van der Waals surface area contributed by atoms with Gasteiger partial charge in [-0.25, -0.2) is 0 Å². The summed E-state index contributed by atoms with van der Waals surface area (Å²) in [6.07, 6.45) is 0.616. The molecule has 0 aliphatic heterocycles. The Kier molecular flexibility index (Phi) is 4.07. The molecule has 1 aromatic heterocycles. The largest absolute Gasteiger partial charge is 0.397 e. The Balaban J connectivity index is 1.86. The van der Waals surface area contributed by atoms with Gasteiger partial charge in [-0.15, -0.1) is 0 Å². The lowest BCUT2D eigenvalue weighted by Crippen LogP contribution is -1.93. The van der Waals surface area contributed by atoms with Crippen molar-refractivity contribution in [1.82, 2.24) is 10.1 Å². The fourth-order valence-electron chi connectivity index (χ4n) is 1.94. The van der Waals surface area contributed by atoms with Crippen molar-refractivity contribution in [1.29, 1.82) is 0 Å². The van der Waals surface area contributed by atoms with Crippen LogP contribution in [0.2, 0.25) is 0 Å². The molecule has 0 atom stereocenters. The number of nitrogen functional groups attached to an aromatic ring is 1. The van der Waals surface area contributed by atoms with Crippen molar-refractivity contribution in [2.75, 3.05) is 5.73 Å². The van der Waals surface area contributed by atoms with Gasteiger partial charge in [0.15, 0.2) is 5.82 Å². The molecule has 21 heavy (non-hydrogen) atoms. The van der Waals surface area contributed by atoms with Gasteiger partial charge in [0.25, 0.3) is 5.89 Å². The molecule has 2 aromatic carbocycles. The summed E-state index contributed by atoms with van der Waals surface area (Å²) in [6, 6.07) is 13.6. The number of anilines is 1. The van der Waals surface area contributed by atoms with Crippen molar-refractivity contribution >= 4 is 37.5 Å². The highest BCUT2D eigenvalue weighted by atomic mass is 79.9. The highest BCUT2D eigenvalue weighted by Crippen LogP contribution is 2.30. The Labute approximate surface area is 138 Å². The first kappa shape index (κ1) is 14.3. The molecule has 6 heteroatoms. The first-order valence-corrected chi connectivity index (χ1v) is 7.83. The first-order valence-electron chi connectivity index (χ1n) is 6.25. The molecule has 0 fully saturated rings. The van der Waals surface area contributed by atoms with Crippen molar-refractivity contribution in [3.8, 4) is 11.5 Å². The van der Waals surface area contributed by atoms with Gasteiger partial charge in [0.2, 0.25) is 0 Å². The SMILES string of the molecule is Nc1c(Br)cccc1-c1nc(Cc2ccc(Br)cc2)no1. The molecule has 0 spiro atoms. The molecule has 0 radical (unpaired) electrons. The molecule has 0 saturated heterocycles. The van der Waals surface area contributed by atoms with Crippen LogP contribution in [-0.4, -0.2) is 10.1 Å². The summed E-state index contributed by atoms with van der Waals surface area (Å²) in [5, 5.41) is 4.01. The zero-order valence-electron chi connectivity index (χ0n) is 10.9. The van der Waals surface area contributed by atoms with Crippen LogP contribution in [0.15, 0.2) is 55.9 Å². The number of aromatic nitrogens is 2. The molecule has 0 saturated carbocycles. The fourth-order valence-corrected chi connectivity index (χ4v) is 2.57. The van der Waals surface area contributed by atoms with E-state index in [1.165, 1.54) is 0 Å². The molecule has 0 bridgehead atoms. The molecule has 0 aliphatic rings. The van der Waals surface area contributed by atoms with Crippen LogP contribution in [-0.2, 0) is 6.42 Å². The van der Waals surface area contributed by atoms with E-state index < -0.39 is 0 Å². The zero-order chi connectivity index (χ0) is 14.8. The smallest absolute Gasteiger partial charge is 0.260 e. The van der Waals surface area contributed by atoms with Gasteiger partial charge in [-0.2, -0.15) is 4.98 Å². The summed E-state index contributed by atoms with van der Waals surface area (Å²) in [6.45, 7) is 0. The number of rotatable bonds is 3. The molecule has 3 aromatic rings. The lowest BCUT2D eigenvalue weighted by molar-refractivity contribution is 0.424. The number of nitrogens with two attached hydrogens (primary N) is 1. The van der Waals surface area contributed by atoms with Gasteiger partial charge in [-0.1, -0.05) is 39.3 Å². The number of hydrogen-bond donors (Lipinski definition) is 1. The van der Waals surface area contributed by atoms with Crippen LogP contribution in [0.4, 0.5) is 5.69 Å². The third-order valence-corrected chi connectivity index (χ3v) is 4.25. The van der Waals surface area contributed by atoms with Gasteiger partial charge in [0.05, 0.1) is 11.3 Å². The van der Waals surface area contributed by atoms with Crippen LogP contribution in [0.25, 0.3) is 11.5 Å². The molecular weight excluding hydrogens is 398 g/mol. The molecule has 0 amide bonds. The van der Waals surface area contributed by atoms with Crippen LogP contribution >= 0.6 is 31.9 Å². The van der Waals surface area contributed by atoms with Gasteiger partial charge in [0, 0.05) is 15.4 Å². The first-order chi connectivity index (χ1) is 10.1. The highest BCUT2D eigenvalue weighted by molar-refractivity contribution is 9.10. The van der Waals surface area contributed by atoms with Crippen LogP contribution in [0.1, 0.15) is 11.4 Å². The summed E-state index contributed by atoms with van der Waals surface area (Å²) in [5.41, 5.74) is 8.46. The predicted octanol–water partition coefficient (Wildman–Crippen LogP) is 4.43. The average Bonchev–Trinajstić information content (AvgIpc) is 2.93. The minimum absolute atomic E-state index is 0.431. The van der Waals surface area contributed by atoms with Crippen LogP contribution in [0.5, 0.6) is 0 Å². The molecule has 106 valence electrons. The van der Waals surface area contributed by atoms with Crippen LogP contribution < -0.4 is 5.73 Å². The Morgan fingerprint density at radius 3 is 2.57 bits per heavy atom. The summed E-state index contributed by atoms with van der Waals surface area (Å²) in [4.78, 5) is 4.41. The Hall–Kier alpha value is -1.66. The predicted molar refractivity (Wildman–Crippen MR) is 88.8 cm³/mol. The summed E-state index contributed by atoms with van der Waals surface area (Å²) in [5.74, 6) is 1.06. The summed E-state index contributed by atoms with van der Waals surface area (Å²) >= 11 is 6.80. The Morgan fingerprint density at radius 1 is 1.05 bits per heavy atom. The summed E-state index contributed by atoms with van der Waals surface area (Å²) in [7, 11) is 0. The van der Waals surface area contributed by atoms with Gasteiger partial charge < -0.3 is 10.3 Å². The van der Waals surface area contributed by atoms with Gasteiger partial charge in [-0.3, -0.25) is 0 Å². The van der Waals surface area contributed by atoms with E-state index >= 15 is 0 Å². The monoisotopic (exact) mass is 407 g/mol. The van der Waals surface area contributed by atoms with Crippen molar-refractivity contribution in [3.63, 3.8) is 0 Å². The number of hydrogen-bond acceptors (Lipinski definition) is 4. The maximum atomic E-state index is 6.01. The normalized spacial score (nSPS) is 10.8. The maximum Gasteiger partial charge on any atom is 0.260 e. The second-order valence-corrected chi connectivity index (χ2v) is 6.29. The van der Waals surface area contributed by atoms with Crippen molar-refractivity contribution < 1.29 is 4.52 Å². The van der Waals surface area contributed by atoms with Gasteiger partial charge in [0.1, 0.15) is 0 Å².